The first-order valence-electron chi connectivity index (χ1n) is 9.39. The van der Waals surface area contributed by atoms with Crippen molar-refractivity contribution in [3.8, 4) is 11.3 Å². The number of nitrogens with one attached hydrogen (secondary N) is 1. The van der Waals surface area contributed by atoms with E-state index in [1.165, 1.54) is 5.56 Å². The van der Waals surface area contributed by atoms with E-state index in [1.54, 1.807) is 0 Å². The lowest BCUT2D eigenvalue weighted by atomic mass is 10.1. The van der Waals surface area contributed by atoms with Crippen molar-refractivity contribution in [1.29, 1.82) is 0 Å². The molecule has 0 atom stereocenters. The fraction of sp³-hybridized carbons (Fsp3) is 0.273. The molecule has 1 fully saturated rings. The van der Waals surface area contributed by atoms with Gasteiger partial charge in [0.1, 0.15) is 5.69 Å². The van der Waals surface area contributed by atoms with Crippen LogP contribution in [0.2, 0.25) is 0 Å². The number of hydrogen-bond acceptors (Lipinski definition) is 3. The first kappa shape index (κ1) is 17.5. The monoisotopic (exact) mass is 360 g/mol. The summed E-state index contributed by atoms with van der Waals surface area (Å²) in [5, 5.41) is 8.07. The van der Waals surface area contributed by atoms with Gasteiger partial charge in [0.05, 0.1) is 12.1 Å². The summed E-state index contributed by atoms with van der Waals surface area (Å²) in [6.07, 6.45) is 1.90. The van der Waals surface area contributed by atoms with Gasteiger partial charge in [-0.3, -0.25) is 9.48 Å². The van der Waals surface area contributed by atoms with Crippen molar-refractivity contribution in [2.24, 2.45) is 0 Å². The molecule has 27 heavy (non-hydrogen) atoms. The quantitative estimate of drug-likeness (QED) is 0.778. The molecule has 0 saturated carbocycles. The van der Waals surface area contributed by atoms with Crippen molar-refractivity contribution >= 4 is 5.91 Å². The fourth-order valence-corrected chi connectivity index (χ4v) is 3.39. The van der Waals surface area contributed by atoms with Gasteiger partial charge in [-0.25, -0.2) is 0 Å². The molecule has 138 valence electrons. The highest BCUT2D eigenvalue weighted by Crippen LogP contribution is 2.24. The van der Waals surface area contributed by atoms with Crippen LogP contribution in [0.5, 0.6) is 0 Å². The average molecular weight is 360 g/mol. The Hall–Kier alpha value is -2.92. The zero-order valence-corrected chi connectivity index (χ0v) is 15.6. The SMILES string of the molecule is Cc1ccc(-c2nn(Cc3ccccc3)cc2C(=O)N2CCNCC2)cc1. The first-order valence-corrected chi connectivity index (χ1v) is 9.39. The second kappa shape index (κ2) is 7.76. The molecule has 1 saturated heterocycles. The van der Waals surface area contributed by atoms with Crippen molar-refractivity contribution in [2.75, 3.05) is 26.2 Å². The molecule has 2 heterocycles. The Morgan fingerprint density at radius 3 is 2.44 bits per heavy atom. The van der Waals surface area contributed by atoms with Gasteiger partial charge in [0, 0.05) is 37.9 Å². The summed E-state index contributed by atoms with van der Waals surface area (Å²) in [5.74, 6) is 0.0615. The van der Waals surface area contributed by atoms with E-state index in [1.807, 2.05) is 46.1 Å². The van der Waals surface area contributed by atoms with Gasteiger partial charge in [-0.15, -0.1) is 0 Å². The maximum Gasteiger partial charge on any atom is 0.257 e. The minimum Gasteiger partial charge on any atom is -0.336 e. The lowest BCUT2D eigenvalue weighted by molar-refractivity contribution is 0.0736. The van der Waals surface area contributed by atoms with Crippen LogP contribution in [0.1, 0.15) is 21.5 Å². The Morgan fingerprint density at radius 2 is 1.74 bits per heavy atom. The molecule has 0 bridgehead atoms. The van der Waals surface area contributed by atoms with Crippen LogP contribution in [0.15, 0.2) is 60.8 Å². The maximum absolute atomic E-state index is 13.2. The van der Waals surface area contributed by atoms with Gasteiger partial charge in [-0.2, -0.15) is 5.10 Å². The molecule has 1 N–H and O–H groups in total. The molecule has 0 aliphatic carbocycles. The molecule has 5 heteroatoms. The molecule has 3 aromatic rings. The zero-order chi connectivity index (χ0) is 18.6. The largest absolute Gasteiger partial charge is 0.336 e. The molecule has 1 aliphatic rings. The third-order valence-corrected chi connectivity index (χ3v) is 4.91. The van der Waals surface area contributed by atoms with E-state index >= 15 is 0 Å². The predicted octanol–water partition coefficient (Wildman–Crippen LogP) is 2.95. The molecule has 1 aromatic heterocycles. The summed E-state index contributed by atoms with van der Waals surface area (Å²) < 4.78 is 1.87. The average Bonchev–Trinajstić information content (AvgIpc) is 3.13. The lowest BCUT2D eigenvalue weighted by Crippen LogP contribution is -2.46. The molecular formula is C22H24N4O. The smallest absolute Gasteiger partial charge is 0.257 e. The van der Waals surface area contributed by atoms with Gasteiger partial charge in [0.2, 0.25) is 0 Å². The van der Waals surface area contributed by atoms with Crippen molar-refractivity contribution in [3.63, 3.8) is 0 Å². The third kappa shape index (κ3) is 3.93. The number of rotatable bonds is 4. The van der Waals surface area contributed by atoms with Crippen LogP contribution in [0.4, 0.5) is 0 Å². The number of hydrogen-bond donors (Lipinski definition) is 1. The highest BCUT2D eigenvalue weighted by molar-refractivity contribution is 5.99. The van der Waals surface area contributed by atoms with Gasteiger partial charge >= 0.3 is 0 Å². The zero-order valence-electron chi connectivity index (χ0n) is 15.6. The molecule has 0 unspecified atom stereocenters. The number of aryl methyl sites for hydroxylation is 1. The summed E-state index contributed by atoms with van der Waals surface area (Å²) in [6, 6.07) is 18.4. The Bertz CT molecular complexity index is 909. The highest BCUT2D eigenvalue weighted by atomic mass is 16.2. The van der Waals surface area contributed by atoms with Crippen LogP contribution in [0, 0.1) is 6.92 Å². The number of benzene rings is 2. The Morgan fingerprint density at radius 1 is 1.04 bits per heavy atom. The summed E-state index contributed by atoms with van der Waals surface area (Å²) in [4.78, 5) is 15.1. The van der Waals surface area contributed by atoms with Crippen LogP contribution >= 0.6 is 0 Å². The molecule has 0 radical (unpaired) electrons. The molecule has 5 nitrogen and oxygen atoms in total. The normalized spacial score (nSPS) is 14.3. The summed E-state index contributed by atoms with van der Waals surface area (Å²) in [6.45, 7) is 5.85. The van der Waals surface area contributed by atoms with Crippen molar-refractivity contribution in [3.05, 3.63) is 77.5 Å². The molecule has 1 amide bonds. The minimum absolute atomic E-state index is 0.0615. The van der Waals surface area contributed by atoms with Gasteiger partial charge in [0.25, 0.3) is 5.91 Å². The van der Waals surface area contributed by atoms with Crippen LogP contribution in [0.25, 0.3) is 11.3 Å². The second-order valence-electron chi connectivity index (χ2n) is 6.98. The number of amides is 1. The third-order valence-electron chi connectivity index (χ3n) is 4.91. The van der Waals surface area contributed by atoms with E-state index < -0.39 is 0 Å². The maximum atomic E-state index is 13.2. The van der Waals surface area contributed by atoms with Crippen LogP contribution in [-0.2, 0) is 6.54 Å². The van der Waals surface area contributed by atoms with Gasteiger partial charge in [0.15, 0.2) is 0 Å². The minimum atomic E-state index is 0.0615. The second-order valence-corrected chi connectivity index (χ2v) is 6.98. The van der Waals surface area contributed by atoms with E-state index in [4.69, 9.17) is 5.10 Å². The van der Waals surface area contributed by atoms with Gasteiger partial charge < -0.3 is 10.2 Å². The van der Waals surface area contributed by atoms with Gasteiger partial charge in [-0.1, -0.05) is 60.2 Å². The fourth-order valence-electron chi connectivity index (χ4n) is 3.39. The molecule has 1 aliphatic heterocycles. The summed E-state index contributed by atoms with van der Waals surface area (Å²) in [5.41, 5.74) is 4.77. The Balaban J connectivity index is 1.70. The number of piperazine rings is 1. The number of aromatic nitrogens is 2. The number of nitrogens with zero attached hydrogens (tertiary/aromatic N) is 3. The lowest BCUT2D eigenvalue weighted by Gasteiger charge is -2.27. The highest BCUT2D eigenvalue weighted by Gasteiger charge is 2.24. The predicted molar refractivity (Wildman–Crippen MR) is 107 cm³/mol. The van der Waals surface area contributed by atoms with E-state index in [0.717, 1.165) is 43.0 Å². The number of carbonyl (C=O) groups is 1. The van der Waals surface area contributed by atoms with Crippen LogP contribution < -0.4 is 5.32 Å². The van der Waals surface area contributed by atoms with E-state index in [0.29, 0.717) is 12.1 Å². The van der Waals surface area contributed by atoms with Gasteiger partial charge in [-0.05, 0) is 12.5 Å². The van der Waals surface area contributed by atoms with Crippen molar-refractivity contribution in [1.82, 2.24) is 20.0 Å². The van der Waals surface area contributed by atoms with E-state index in [9.17, 15) is 4.79 Å². The van der Waals surface area contributed by atoms with Crippen molar-refractivity contribution in [2.45, 2.75) is 13.5 Å². The summed E-state index contributed by atoms with van der Waals surface area (Å²) >= 11 is 0. The van der Waals surface area contributed by atoms with Crippen LogP contribution in [-0.4, -0.2) is 46.8 Å². The Kier molecular flexibility index (Phi) is 5.03. The summed E-state index contributed by atoms with van der Waals surface area (Å²) in [7, 11) is 0. The molecular weight excluding hydrogens is 336 g/mol. The molecule has 4 rings (SSSR count). The Labute approximate surface area is 159 Å². The number of carbonyl (C=O) groups excluding carboxylic acids is 1. The first-order chi connectivity index (χ1) is 13.2. The topological polar surface area (TPSA) is 50.2 Å². The molecule has 0 spiro atoms. The molecule has 2 aromatic carbocycles. The van der Waals surface area contributed by atoms with E-state index in [-0.39, 0.29) is 5.91 Å². The van der Waals surface area contributed by atoms with Crippen molar-refractivity contribution < 1.29 is 4.79 Å². The van der Waals surface area contributed by atoms with E-state index in [2.05, 4.69) is 36.5 Å². The van der Waals surface area contributed by atoms with Crippen LogP contribution in [0.3, 0.4) is 0 Å². The standard InChI is InChI=1S/C22H24N4O/c1-17-7-9-19(10-8-17)21-20(22(27)25-13-11-23-12-14-25)16-26(24-21)15-18-5-3-2-4-6-18/h2-10,16,23H,11-15H2,1H3.